The fourth-order valence-corrected chi connectivity index (χ4v) is 2.02. The van der Waals surface area contributed by atoms with Gasteiger partial charge in [0.05, 0.1) is 19.0 Å². The van der Waals surface area contributed by atoms with Crippen LogP contribution < -0.4 is 4.74 Å². The maximum Gasteiger partial charge on any atom is 0.153 e. The molecule has 20 heavy (non-hydrogen) atoms. The minimum atomic E-state index is 0.170. The lowest BCUT2D eigenvalue weighted by Crippen LogP contribution is -2.01. The Morgan fingerprint density at radius 3 is 2.75 bits per heavy atom. The highest BCUT2D eigenvalue weighted by Gasteiger charge is 2.12. The minimum absolute atomic E-state index is 0.170. The number of aromatic nitrogens is 3. The lowest BCUT2D eigenvalue weighted by Gasteiger charge is -2.09. The summed E-state index contributed by atoms with van der Waals surface area (Å²) in [5.74, 6) is 1.53. The van der Waals surface area contributed by atoms with Crippen LogP contribution in [0, 0.1) is 0 Å². The van der Waals surface area contributed by atoms with E-state index < -0.39 is 0 Å². The Bertz CT molecular complexity index is 723. The Morgan fingerprint density at radius 2 is 2.00 bits per heavy atom. The maximum absolute atomic E-state index is 10.1. The minimum Gasteiger partial charge on any atom is -0.507 e. The van der Waals surface area contributed by atoms with Gasteiger partial charge in [0.15, 0.2) is 5.82 Å². The molecule has 0 radical (unpaired) electrons. The molecule has 0 aliphatic carbocycles. The Morgan fingerprint density at radius 1 is 1.10 bits per heavy atom. The highest BCUT2D eigenvalue weighted by atomic mass is 16.5. The van der Waals surface area contributed by atoms with Crippen molar-refractivity contribution in [3.63, 3.8) is 0 Å². The average Bonchev–Trinajstić information content (AvgIpc) is 2.98. The molecular weight excluding hydrogens is 254 g/mol. The molecule has 2 aromatic heterocycles. The van der Waals surface area contributed by atoms with E-state index in [-0.39, 0.29) is 5.75 Å². The summed E-state index contributed by atoms with van der Waals surface area (Å²) in [5.41, 5.74) is 1.40. The van der Waals surface area contributed by atoms with E-state index in [1.165, 1.54) is 0 Å². The van der Waals surface area contributed by atoms with Crippen LogP contribution in [0.4, 0.5) is 0 Å². The smallest absolute Gasteiger partial charge is 0.153 e. The van der Waals surface area contributed by atoms with Gasteiger partial charge in [0.2, 0.25) is 0 Å². The van der Waals surface area contributed by atoms with Gasteiger partial charge in [0, 0.05) is 11.8 Å². The molecule has 0 spiro atoms. The van der Waals surface area contributed by atoms with Crippen molar-refractivity contribution in [2.45, 2.75) is 0 Å². The van der Waals surface area contributed by atoms with Crippen molar-refractivity contribution in [3.05, 3.63) is 54.9 Å². The fraction of sp³-hybridized carbons (Fsp3) is 0.0667. The number of hydrogen-bond donors (Lipinski definition) is 1. The molecule has 0 bridgehead atoms. The van der Waals surface area contributed by atoms with Crippen molar-refractivity contribution in [3.8, 4) is 28.6 Å². The first kappa shape index (κ1) is 12.2. The number of benzene rings is 1. The molecule has 3 rings (SSSR count). The summed E-state index contributed by atoms with van der Waals surface area (Å²) in [4.78, 5) is 4.27. The van der Waals surface area contributed by atoms with E-state index in [4.69, 9.17) is 4.74 Å². The predicted octanol–water partition coefficient (Wildman–Crippen LogP) is 2.65. The van der Waals surface area contributed by atoms with Crippen LogP contribution in [0.1, 0.15) is 0 Å². The monoisotopic (exact) mass is 267 g/mol. The van der Waals surface area contributed by atoms with Gasteiger partial charge in [-0.25, -0.2) is 9.67 Å². The molecule has 0 aliphatic rings. The van der Waals surface area contributed by atoms with Gasteiger partial charge in [-0.2, -0.15) is 5.10 Å². The normalized spacial score (nSPS) is 10.4. The summed E-state index contributed by atoms with van der Waals surface area (Å²) in [6.45, 7) is 0. The average molecular weight is 267 g/mol. The lowest BCUT2D eigenvalue weighted by atomic mass is 10.1. The van der Waals surface area contributed by atoms with Crippen molar-refractivity contribution >= 4 is 0 Å². The Kier molecular flexibility index (Phi) is 3.09. The van der Waals surface area contributed by atoms with Crippen LogP contribution in [-0.4, -0.2) is 27.0 Å². The summed E-state index contributed by atoms with van der Waals surface area (Å²) >= 11 is 0. The maximum atomic E-state index is 10.1. The first-order valence-corrected chi connectivity index (χ1v) is 6.12. The number of aromatic hydroxyl groups is 1. The summed E-state index contributed by atoms with van der Waals surface area (Å²) in [6.07, 6.45) is 3.37. The SMILES string of the molecule is COc1ccc(O)c(-c2ccnn2-c2ccccn2)c1. The zero-order chi connectivity index (χ0) is 13.9. The molecule has 1 aromatic carbocycles. The molecule has 0 unspecified atom stereocenters. The first-order valence-electron chi connectivity index (χ1n) is 6.12. The van der Waals surface area contributed by atoms with E-state index in [9.17, 15) is 5.11 Å². The number of nitrogens with zero attached hydrogens (tertiary/aromatic N) is 3. The lowest BCUT2D eigenvalue weighted by molar-refractivity contribution is 0.412. The topological polar surface area (TPSA) is 60.2 Å². The van der Waals surface area contributed by atoms with Gasteiger partial charge in [0.25, 0.3) is 0 Å². The number of phenols is 1. The summed E-state index contributed by atoms with van der Waals surface area (Å²) < 4.78 is 6.87. The van der Waals surface area contributed by atoms with E-state index in [1.54, 1.807) is 42.4 Å². The molecule has 3 aromatic rings. The molecule has 0 saturated carbocycles. The summed E-state index contributed by atoms with van der Waals surface area (Å²) in [7, 11) is 1.59. The fourth-order valence-electron chi connectivity index (χ4n) is 2.02. The van der Waals surface area contributed by atoms with E-state index in [2.05, 4.69) is 10.1 Å². The van der Waals surface area contributed by atoms with Crippen LogP contribution in [0.15, 0.2) is 54.9 Å². The van der Waals surface area contributed by atoms with Gasteiger partial charge in [-0.05, 0) is 36.4 Å². The van der Waals surface area contributed by atoms with Crippen LogP contribution in [-0.2, 0) is 0 Å². The Hall–Kier alpha value is -2.82. The summed E-state index contributed by atoms with van der Waals surface area (Å²) in [5, 5.41) is 14.3. The number of methoxy groups -OCH3 is 1. The van der Waals surface area contributed by atoms with Crippen molar-refractivity contribution in [2.75, 3.05) is 7.11 Å². The van der Waals surface area contributed by atoms with Crippen LogP contribution in [0.3, 0.4) is 0 Å². The van der Waals surface area contributed by atoms with Gasteiger partial charge in [-0.3, -0.25) is 0 Å². The van der Waals surface area contributed by atoms with Gasteiger partial charge in [-0.1, -0.05) is 6.07 Å². The molecule has 0 amide bonds. The predicted molar refractivity (Wildman–Crippen MR) is 75.0 cm³/mol. The van der Waals surface area contributed by atoms with Crippen LogP contribution in [0.5, 0.6) is 11.5 Å². The van der Waals surface area contributed by atoms with Crippen LogP contribution >= 0.6 is 0 Å². The third-order valence-corrected chi connectivity index (χ3v) is 2.99. The Labute approximate surface area is 116 Å². The molecule has 1 N–H and O–H groups in total. The second kappa shape index (κ2) is 5.05. The highest BCUT2D eigenvalue weighted by molar-refractivity contribution is 5.70. The van der Waals surface area contributed by atoms with Crippen molar-refractivity contribution in [2.24, 2.45) is 0 Å². The van der Waals surface area contributed by atoms with Gasteiger partial charge in [0.1, 0.15) is 11.5 Å². The molecule has 2 heterocycles. The molecule has 0 aliphatic heterocycles. The van der Waals surface area contributed by atoms with E-state index >= 15 is 0 Å². The van der Waals surface area contributed by atoms with E-state index in [0.717, 1.165) is 5.69 Å². The highest BCUT2D eigenvalue weighted by Crippen LogP contribution is 2.33. The van der Waals surface area contributed by atoms with E-state index in [1.807, 2.05) is 24.3 Å². The van der Waals surface area contributed by atoms with Crippen molar-refractivity contribution < 1.29 is 9.84 Å². The van der Waals surface area contributed by atoms with Crippen molar-refractivity contribution in [1.29, 1.82) is 0 Å². The van der Waals surface area contributed by atoms with Gasteiger partial charge < -0.3 is 9.84 Å². The number of hydrogen-bond acceptors (Lipinski definition) is 4. The second-order valence-corrected chi connectivity index (χ2v) is 4.20. The number of pyridine rings is 1. The molecule has 0 saturated heterocycles. The van der Waals surface area contributed by atoms with Crippen LogP contribution in [0.25, 0.3) is 17.1 Å². The van der Waals surface area contributed by atoms with Gasteiger partial charge in [-0.15, -0.1) is 0 Å². The second-order valence-electron chi connectivity index (χ2n) is 4.20. The molecule has 0 fully saturated rings. The third kappa shape index (κ3) is 2.09. The van der Waals surface area contributed by atoms with Crippen molar-refractivity contribution in [1.82, 2.24) is 14.8 Å². The molecule has 100 valence electrons. The molecule has 5 nitrogen and oxygen atoms in total. The zero-order valence-corrected chi connectivity index (χ0v) is 10.9. The summed E-state index contributed by atoms with van der Waals surface area (Å²) in [6, 6.07) is 12.5. The van der Waals surface area contributed by atoms with Gasteiger partial charge >= 0.3 is 0 Å². The molecule has 0 atom stereocenters. The number of rotatable bonds is 3. The number of ether oxygens (including phenoxy) is 1. The van der Waals surface area contributed by atoms with Crippen LogP contribution in [0.2, 0.25) is 0 Å². The van der Waals surface area contributed by atoms with E-state index in [0.29, 0.717) is 17.1 Å². The quantitative estimate of drug-likeness (QED) is 0.792. The third-order valence-electron chi connectivity index (χ3n) is 2.99. The number of phenolic OH excluding ortho intramolecular Hbond substituents is 1. The Balaban J connectivity index is 2.15. The first-order chi connectivity index (χ1) is 9.79. The largest absolute Gasteiger partial charge is 0.507 e. The molecule has 5 heteroatoms. The molecular formula is C15H13N3O2. The zero-order valence-electron chi connectivity index (χ0n) is 10.9. The standard InChI is InChI=1S/C15H13N3O2/c1-20-11-5-6-14(19)12(10-11)13-7-9-17-18(13)15-4-2-3-8-16-15/h2-10,19H,1H3.